The van der Waals surface area contributed by atoms with E-state index in [9.17, 15) is 8.42 Å². The first kappa shape index (κ1) is 16.1. The van der Waals surface area contributed by atoms with E-state index in [2.05, 4.69) is 5.10 Å². The molecule has 21 heavy (non-hydrogen) atoms. The average molecular weight is 325 g/mol. The lowest BCUT2D eigenvalue weighted by molar-refractivity contribution is 0.597. The summed E-state index contributed by atoms with van der Waals surface area (Å²) in [5, 5.41) is 5.21. The van der Waals surface area contributed by atoms with Gasteiger partial charge in [0.05, 0.1) is 21.4 Å². The van der Waals surface area contributed by atoms with E-state index in [0.717, 1.165) is 16.3 Å². The van der Waals surface area contributed by atoms with Crippen LogP contribution in [0, 0.1) is 6.92 Å². The molecule has 0 saturated carbocycles. The molecule has 0 spiro atoms. The number of aromatic nitrogens is 2. The largest absolute Gasteiger partial charge is 0.326 e. The molecule has 0 aliphatic heterocycles. The maximum absolute atomic E-state index is 12.2. The van der Waals surface area contributed by atoms with Crippen molar-refractivity contribution in [3.8, 4) is 0 Å². The Morgan fingerprint density at radius 2 is 1.95 bits per heavy atom. The molecule has 0 unspecified atom stereocenters. The summed E-state index contributed by atoms with van der Waals surface area (Å²) in [7, 11) is -1.40. The van der Waals surface area contributed by atoms with Crippen LogP contribution in [0.4, 0.5) is 0 Å². The molecule has 2 aromatic rings. The number of nitrogens with zero attached hydrogens (tertiary/aromatic N) is 2. The van der Waals surface area contributed by atoms with Crippen LogP contribution >= 0.6 is 11.8 Å². The third kappa shape index (κ3) is 4.09. The van der Waals surface area contributed by atoms with Crippen molar-refractivity contribution >= 4 is 21.6 Å². The van der Waals surface area contributed by atoms with Crippen molar-refractivity contribution in [2.75, 3.05) is 11.5 Å². The SMILES string of the molecule is Cc1cc(SCCS(=O)(=O)c2ccc(CN)cc2)n(C)n1. The molecular formula is C14H19N3O2S2. The van der Waals surface area contributed by atoms with Crippen LogP contribution in [0.2, 0.25) is 0 Å². The Balaban J connectivity index is 1.99. The summed E-state index contributed by atoms with van der Waals surface area (Å²) in [5.74, 6) is 0.601. The van der Waals surface area contributed by atoms with E-state index in [1.54, 1.807) is 28.9 Å². The fourth-order valence-corrected chi connectivity index (χ4v) is 4.62. The average Bonchev–Trinajstić information content (AvgIpc) is 2.77. The predicted octanol–water partition coefficient (Wildman–Crippen LogP) is 1.75. The Morgan fingerprint density at radius 1 is 1.29 bits per heavy atom. The minimum atomic E-state index is -3.25. The molecule has 0 aliphatic carbocycles. The molecule has 2 rings (SSSR count). The number of thioether (sulfide) groups is 1. The molecule has 1 aromatic heterocycles. The summed E-state index contributed by atoms with van der Waals surface area (Å²) in [4.78, 5) is 0.349. The van der Waals surface area contributed by atoms with Gasteiger partial charge in [-0.05, 0) is 30.7 Å². The van der Waals surface area contributed by atoms with Gasteiger partial charge in [0.2, 0.25) is 0 Å². The minimum Gasteiger partial charge on any atom is -0.326 e. The van der Waals surface area contributed by atoms with Crippen molar-refractivity contribution < 1.29 is 8.42 Å². The number of rotatable bonds is 6. The van der Waals surface area contributed by atoms with Crippen molar-refractivity contribution in [3.63, 3.8) is 0 Å². The van der Waals surface area contributed by atoms with Gasteiger partial charge < -0.3 is 5.73 Å². The minimum absolute atomic E-state index is 0.101. The van der Waals surface area contributed by atoms with Crippen molar-refractivity contribution in [2.45, 2.75) is 23.4 Å². The molecule has 114 valence electrons. The molecule has 0 radical (unpaired) electrons. The molecule has 7 heteroatoms. The molecule has 0 atom stereocenters. The summed E-state index contributed by atoms with van der Waals surface area (Å²) in [6.45, 7) is 2.33. The second-order valence-corrected chi connectivity index (χ2v) is 7.99. The second kappa shape index (κ2) is 6.64. The van der Waals surface area contributed by atoms with Gasteiger partial charge in [-0.15, -0.1) is 11.8 Å². The lowest BCUT2D eigenvalue weighted by Crippen LogP contribution is -2.09. The number of nitrogens with two attached hydrogens (primary N) is 1. The number of sulfone groups is 1. The standard InChI is InChI=1S/C14H19N3O2S2/c1-11-9-14(17(2)16-11)20-7-8-21(18,19)13-5-3-12(10-15)4-6-13/h3-6,9H,7-8,10,15H2,1-2H3. The van der Waals surface area contributed by atoms with Gasteiger partial charge in [0.25, 0.3) is 0 Å². The van der Waals surface area contributed by atoms with Crippen LogP contribution in [-0.2, 0) is 23.4 Å². The maximum Gasteiger partial charge on any atom is 0.179 e. The highest BCUT2D eigenvalue weighted by Crippen LogP contribution is 2.20. The number of benzene rings is 1. The van der Waals surface area contributed by atoms with Gasteiger partial charge >= 0.3 is 0 Å². The molecule has 0 saturated heterocycles. The van der Waals surface area contributed by atoms with E-state index in [4.69, 9.17) is 5.73 Å². The topological polar surface area (TPSA) is 78.0 Å². The van der Waals surface area contributed by atoms with Crippen LogP contribution in [0.1, 0.15) is 11.3 Å². The highest BCUT2D eigenvalue weighted by molar-refractivity contribution is 8.00. The fourth-order valence-electron chi connectivity index (χ4n) is 1.93. The van der Waals surface area contributed by atoms with E-state index >= 15 is 0 Å². The highest BCUT2D eigenvalue weighted by atomic mass is 32.2. The van der Waals surface area contributed by atoms with Crippen LogP contribution in [0.15, 0.2) is 40.3 Å². The van der Waals surface area contributed by atoms with Crippen molar-refractivity contribution in [1.29, 1.82) is 0 Å². The zero-order valence-corrected chi connectivity index (χ0v) is 13.7. The second-order valence-electron chi connectivity index (χ2n) is 4.76. The third-order valence-electron chi connectivity index (χ3n) is 3.08. The summed E-state index contributed by atoms with van der Waals surface area (Å²) in [6, 6.07) is 8.70. The van der Waals surface area contributed by atoms with Gasteiger partial charge in [0.15, 0.2) is 9.84 Å². The zero-order chi connectivity index (χ0) is 15.5. The normalized spacial score (nSPS) is 11.8. The summed E-state index contributed by atoms with van der Waals surface area (Å²) < 4.78 is 26.3. The highest BCUT2D eigenvalue weighted by Gasteiger charge is 2.14. The molecule has 0 aliphatic rings. The summed E-state index contributed by atoms with van der Waals surface area (Å²) in [5.41, 5.74) is 7.36. The monoisotopic (exact) mass is 325 g/mol. The molecule has 2 N–H and O–H groups in total. The molecule has 0 amide bonds. The molecule has 1 aromatic carbocycles. The third-order valence-corrected chi connectivity index (χ3v) is 6.16. The first-order valence-corrected chi connectivity index (χ1v) is 9.21. The van der Waals surface area contributed by atoms with E-state index < -0.39 is 9.84 Å². The number of aryl methyl sites for hydroxylation is 2. The predicted molar refractivity (Wildman–Crippen MR) is 85.1 cm³/mol. The van der Waals surface area contributed by atoms with Gasteiger partial charge in [-0.3, -0.25) is 4.68 Å². The lowest BCUT2D eigenvalue weighted by atomic mass is 10.2. The van der Waals surface area contributed by atoms with Crippen LogP contribution < -0.4 is 5.73 Å². The van der Waals surface area contributed by atoms with Crippen molar-refractivity contribution in [2.24, 2.45) is 12.8 Å². The van der Waals surface area contributed by atoms with E-state index in [0.29, 0.717) is 17.2 Å². The van der Waals surface area contributed by atoms with Gasteiger partial charge in [-0.1, -0.05) is 12.1 Å². The maximum atomic E-state index is 12.2. The van der Waals surface area contributed by atoms with Gasteiger partial charge in [0.1, 0.15) is 0 Å². The van der Waals surface area contributed by atoms with Crippen molar-refractivity contribution in [1.82, 2.24) is 9.78 Å². The van der Waals surface area contributed by atoms with Crippen LogP contribution in [0.3, 0.4) is 0 Å². The Hall–Kier alpha value is -1.31. The van der Waals surface area contributed by atoms with E-state index in [1.807, 2.05) is 20.0 Å². The fraction of sp³-hybridized carbons (Fsp3) is 0.357. The van der Waals surface area contributed by atoms with Crippen LogP contribution in [-0.4, -0.2) is 29.7 Å². The Kier molecular flexibility index (Phi) is 5.08. The number of hydrogen-bond donors (Lipinski definition) is 1. The Labute approximate surface area is 129 Å². The first-order valence-electron chi connectivity index (χ1n) is 6.57. The van der Waals surface area contributed by atoms with Crippen LogP contribution in [0.25, 0.3) is 0 Å². The molecular weight excluding hydrogens is 306 g/mol. The van der Waals surface area contributed by atoms with Crippen molar-refractivity contribution in [3.05, 3.63) is 41.6 Å². The van der Waals surface area contributed by atoms with Gasteiger partial charge in [-0.25, -0.2) is 8.42 Å². The quantitative estimate of drug-likeness (QED) is 0.819. The molecule has 5 nitrogen and oxygen atoms in total. The first-order chi connectivity index (χ1) is 9.92. The van der Waals surface area contributed by atoms with Gasteiger partial charge in [0, 0.05) is 19.3 Å². The zero-order valence-electron chi connectivity index (χ0n) is 12.1. The number of hydrogen-bond acceptors (Lipinski definition) is 5. The molecule has 0 fully saturated rings. The molecule has 0 bridgehead atoms. The lowest BCUT2D eigenvalue weighted by Gasteiger charge is -2.05. The van der Waals surface area contributed by atoms with E-state index in [-0.39, 0.29) is 5.75 Å². The Morgan fingerprint density at radius 3 is 2.48 bits per heavy atom. The smallest absolute Gasteiger partial charge is 0.179 e. The van der Waals surface area contributed by atoms with Crippen LogP contribution in [0.5, 0.6) is 0 Å². The van der Waals surface area contributed by atoms with E-state index in [1.165, 1.54) is 11.8 Å². The summed E-state index contributed by atoms with van der Waals surface area (Å²) in [6.07, 6.45) is 0. The Bertz CT molecular complexity index is 706. The molecule has 1 heterocycles. The summed E-state index contributed by atoms with van der Waals surface area (Å²) >= 11 is 1.50. The van der Waals surface area contributed by atoms with Gasteiger partial charge in [-0.2, -0.15) is 5.10 Å².